The molecule has 0 aromatic carbocycles. The Labute approximate surface area is 219 Å². The van der Waals surface area contributed by atoms with Gasteiger partial charge in [-0.05, 0) is 40.2 Å². The highest BCUT2D eigenvalue weighted by molar-refractivity contribution is 7.09. The molecule has 0 bridgehead atoms. The van der Waals surface area contributed by atoms with E-state index in [1.807, 2.05) is 18.5 Å². The third kappa shape index (κ3) is 10.0. The number of alkyl halides is 6. The predicted molar refractivity (Wildman–Crippen MR) is 123 cm³/mol. The van der Waals surface area contributed by atoms with Crippen LogP contribution in [0.1, 0.15) is 38.6 Å². The topological polar surface area (TPSA) is 120 Å². The van der Waals surface area contributed by atoms with E-state index < -0.39 is 24.3 Å². The maximum absolute atomic E-state index is 12.9. The van der Waals surface area contributed by atoms with Crippen molar-refractivity contribution in [3.8, 4) is 0 Å². The van der Waals surface area contributed by atoms with E-state index in [-0.39, 0.29) is 11.4 Å². The number of ether oxygens (including phenoxy) is 1. The van der Waals surface area contributed by atoms with E-state index in [1.165, 1.54) is 0 Å². The number of thiazole rings is 1. The Kier molecular flexibility index (Phi) is 12.4. The van der Waals surface area contributed by atoms with Crippen LogP contribution in [0.25, 0.3) is 0 Å². The Hall–Kier alpha value is -2.46. The standard InChI is InChI=1S/C18H29N3O2S.2C2HF3O2/c1-4-23-17(22)18-6-5-8-20(12-16-19-7-9-24-16)10-15(18)11-21(13-18)14(2)3;2*3-2(4,5)1(6)7/h7,9,14-15H,4-6,8,10-13H2,1-3H3;2*(H,6,7)/t15-,18-;;/m0../s1. The summed E-state index contributed by atoms with van der Waals surface area (Å²) in [6, 6.07) is 0.468. The van der Waals surface area contributed by atoms with Gasteiger partial charge in [-0.3, -0.25) is 14.6 Å². The lowest BCUT2D eigenvalue weighted by Crippen LogP contribution is -2.42. The highest BCUT2D eigenvalue weighted by Crippen LogP contribution is 2.44. The van der Waals surface area contributed by atoms with Gasteiger partial charge >= 0.3 is 30.3 Å². The minimum absolute atomic E-state index is 0.0225. The number of likely N-dealkylation sites (tertiary alicyclic amines) is 2. The number of nitrogens with zero attached hydrogens (tertiary/aromatic N) is 3. The van der Waals surface area contributed by atoms with Crippen molar-refractivity contribution in [3.05, 3.63) is 16.6 Å². The Morgan fingerprint density at radius 1 is 1.13 bits per heavy atom. The van der Waals surface area contributed by atoms with E-state index in [0.29, 0.717) is 18.6 Å². The second kappa shape index (κ2) is 14.1. The van der Waals surface area contributed by atoms with E-state index in [9.17, 15) is 31.1 Å². The summed E-state index contributed by atoms with van der Waals surface area (Å²) in [6.45, 7) is 11.6. The first-order chi connectivity index (χ1) is 17.4. The Morgan fingerprint density at radius 2 is 1.68 bits per heavy atom. The lowest BCUT2D eigenvalue weighted by atomic mass is 9.75. The van der Waals surface area contributed by atoms with Crippen LogP contribution in [-0.4, -0.2) is 94.1 Å². The maximum atomic E-state index is 12.9. The van der Waals surface area contributed by atoms with Crippen LogP contribution in [0.5, 0.6) is 0 Å². The summed E-state index contributed by atoms with van der Waals surface area (Å²) < 4.78 is 69.0. The zero-order valence-corrected chi connectivity index (χ0v) is 21.8. The van der Waals surface area contributed by atoms with Crippen molar-refractivity contribution in [2.45, 2.75) is 58.6 Å². The fraction of sp³-hybridized carbons (Fsp3) is 0.727. The monoisotopic (exact) mass is 579 g/mol. The van der Waals surface area contributed by atoms with Crippen LogP contribution in [0.15, 0.2) is 11.6 Å². The quantitative estimate of drug-likeness (QED) is 0.395. The largest absolute Gasteiger partial charge is 0.490 e. The number of fused-ring (bicyclic) bond motifs is 1. The minimum Gasteiger partial charge on any atom is -0.475 e. The first-order valence-corrected chi connectivity index (χ1v) is 12.4. The normalized spacial score (nSPS) is 22.3. The van der Waals surface area contributed by atoms with E-state index >= 15 is 0 Å². The molecule has 9 nitrogen and oxygen atoms in total. The van der Waals surface area contributed by atoms with Crippen molar-refractivity contribution in [1.82, 2.24) is 14.8 Å². The fourth-order valence-corrected chi connectivity index (χ4v) is 4.88. The predicted octanol–water partition coefficient (Wildman–Crippen LogP) is 3.90. The van der Waals surface area contributed by atoms with Gasteiger partial charge in [-0.25, -0.2) is 14.6 Å². The molecule has 2 aliphatic rings. The van der Waals surface area contributed by atoms with Crippen LogP contribution in [0, 0.1) is 11.3 Å². The molecule has 0 spiro atoms. The van der Waals surface area contributed by atoms with Gasteiger partial charge in [0.15, 0.2) is 0 Å². The molecule has 0 amide bonds. The van der Waals surface area contributed by atoms with Gasteiger partial charge in [0, 0.05) is 43.2 Å². The maximum Gasteiger partial charge on any atom is 0.490 e. The molecule has 0 saturated carbocycles. The average molecular weight is 580 g/mol. The van der Waals surface area contributed by atoms with E-state index in [2.05, 4.69) is 28.6 Å². The van der Waals surface area contributed by atoms with E-state index in [1.54, 1.807) is 11.3 Å². The molecule has 3 heterocycles. The Balaban J connectivity index is 0.000000426. The second-order valence-corrected chi connectivity index (χ2v) is 9.95. The molecular weight excluding hydrogens is 548 g/mol. The lowest BCUT2D eigenvalue weighted by molar-refractivity contribution is -0.193. The molecule has 0 unspecified atom stereocenters. The number of hydrogen-bond donors (Lipinski definition) is 2. The number of hydrogen-bond acceptors (Lipinski definition) is 8. The van der Waals surface area contributed by atoms with Gasteiger partial charge in [0.05, 0.1) is 18.6 Å². The van der Waals surface area contributed by atoms with Gasteiger partial charge in [0.1, 0.15) is 5.01 Å². The molecule has 2 N–H and O–H groups in total. The van der Waals surface area contributed by atoms with Crippen LogP contribution in [-0.2, 0) is 25.7 Å². The summed E-state index contributed by atoms with van der Waals surface area (Å²) in [5.74, 6) is -5.14. The summed E-state index contributed by atoms with van der Waals surface area (Å²) in [5.41, 5.74) is -0.322. The van der Waals surface area contributed by atoms with Gasteiger partial charge in [-0.1, -0.05) is 0 Å². The highest BCUT2D eigenvalue weighted by Gasteiger charge is 2.54. The van der Waals surface area contributed by atoms with Crippen LogP contribution >= 0.6 is 11.3 Å². The van der Waals surface area contributed by atoms with Crippen molar-refractivity contribution in [3.63, 3.8) is 0 Å². The van der Waals surface area contributed by atoms with Gasteiger partial charge in [0.2, 0.25) is 0 Å². The zero-order chi connectivity index (χ0) is 29.3. The van der Waals surface area contributed by atoms with Crippen LogP contribution in [0.4, 0.5) is 26.3 Å². The van der Waals surface area contributed by atoms with Gasteiger partial charge in [-0.15, -0.1) is 11.3 Å². The molecule has 1 aromatic rings. The van der Waals surface area contributed by atoms with Crippen molar-refractivity contribution in [2.75, 3.05) is 32.8 Å². The SMILES string of the molecule is CCOC(=O)[C@]12CCCN(Cc3nccs3)C[C@H]1CN(C(C)C)C2.O=C(O)C(F)(F)F.O=C(O)C(F)(F)F. The number of rotatable bonds is 5. The number of halogens is 6. The lowest BCUT2D eigenvalue weighted by Gasteiger charge is -2.31. The molecular formula is C22H31F6N3O6S. The third-order valence-corrected chi connectivity index (χ3v) is 6.80. The van der Waals surface area contributed by atoms with Crippen LogP contribution < -0.4 is 0 Å². The molecule has 0 radical (unpaired) electrons. The first-order valence-electron chi connectivity index (χ1n) is 11.6. The molecule has 2 atom stereocenters. The number of carbonyl (C=O) groups excluding carboxylic acids is 1. The summed E-state index contributed by atoms with van der Waals surface area (Å²) in [6.07, 6.45) is -6.31. The van der Waals surface area contributed by atoms with Crippen LogP contribution in [0.3, 0.4) is 0 Å². The second-order valence-electron chi connectivity index (χ2n) is 8.97. The van der Waals surface area contributed by atoms with Crippen molar-refractivity contribution >= 4 is 29.2 Å². The molecule has 2 fully saturated rings. The number of carboxylic acids is 2. The van der Waals surface area contributed by atoms with Gasteiger partial charge < -0.3 is 14.9 Å². The first kappa shape index (κ1) is 33.6. The summed E-state index contributed by atoms with van der Waals surface area (Å²) in [5, 5.41) is 17.4. The Bertz CT molecular complexity index is 888. The number of aromatic nitrogens is 1. The molecule has 3 rings (SSSR count). The number of carbonyl (C=O) groups is 3. The average Bonchev–Trinajstić information content (AvgIpc) is 3.39. The minimum atomic E-state index is -5.08. The number of carboxylic acid groups (broad SMARTS) is 2. The molecule has 1 aromatic heterocycles. The number of aliphatic carboxylic acids is 2. The zero-order valence-electron chi connectivity index (χ0n) is 21.0. The third-order valence-electron chi connectivity index (χ3n) is 6.04. The molecule has 218 valence electrons. The van der Waals surface area contributed by atoms with Gasteiger partial charge in [-0.2, -0.15) is 26.3 Å². The molecule has 2 aliphatic heterocycles. The number of esters is 1. The van der Waals surface area contributed by atoms with Crippen molar-refractivity contribution < 1.29 is 55.7 Å². The summed E-state index contributed by atoms with van der Waals surface area (Å²) in [7, 11) is 0. The Morgan fingerprint density at radius 3 is 2.11 bits per heavy atom. The summed E-state index contributed by atoms with van der Waals surface area (Å²) >= 11 is 1.71. The van der Waals surface area contributed by atoms with E-state index in [0.717, 1.165) is 50.6 Å². The fourth-order valence-electron chi connectivity index (χ4n) is 4.22. The highest BCUT2D eigenvalue weighted by atomic mass is 32.1. The van der Waals surface area contributed by atoms with Crippen molar-refractivity contribution in [2.24, 2.45) is 11.3 Å². The molecule has 0 aliphatic carbocycles. The van der Waals surface area contributed by atoms with Crippen LogP contribution in [0.2, 0.25) is 0 Å². The molecule has 16 heteroatoms. The smallest absolute Gasteiger partial charge is 0.475 e. The van der Waals surface area contributed by atoms with Gasteiger partial charge in [0.25, 0.3) is 0 Å². The van der Waals surface area contributed by atoms with E-state index in [4.69, 9.17) is 24.5 Å². The molecule has 2 saturated heterocycles. The summed E-state index contributed by atoms with van der Waals surface area (Å²) in [4.78, 5) is 40.0. The van der Waals surface area contributed by atoms with Crippen molar-refractivity contribution in [1.29, 1.82) is 0 Å². The molecule has 38 heavy (non-hydrogen) atoms.